The van der Waals surface area contributed by atoms with E-state index in [2.05, 4.69) is 4.98 Å². The van der Waals surface area contributed by atoms with Crippen LogP contribution in [0.1, 0.15) is 22.3 Å². The van der Waals surface area contributed by atoms with Crippen molar-refractivity contribution in [2.45, 2.75) is 12.4 Å². The summed E-state index contributed by atoms with van der Waals surface area (Å²) in [5.41, 5.74) is 0. The average Bonchev–Trinajstić information content (AvgIpc) is 2.86. The summed E-state index contributed by atoms with van der Waals surface area (Å²) in [6.45, 7) is 1.00. The first-order chi connectivity index (χ1) is 7.18. The van der Waals surface area contributed by atoms with Crippen molar-refractivity contribution in [3.63, 3.8) is 0 Å². The number of carboxylic acids is 1. The van der Waals surface area contributed by atoms with E-state index >= 15 is 0 Å². The topological polar surface area (TPSA) is 88.9 Å². The normalized spacial score (nSPS) is 19.3. The summed E-state index contributed by atoms with van der Waals surface area (Å²) in [6, 6.07) is 0. The molecule has 1 aliphatic heterocycles. The Morgan fingerprint density at radius 2 is 2.27 bits per heavy atom. The van der Waals surface area contributed by atoms with E-state index in [0.29, 0.717) is 18.2 Å². The summed E-state index contributed by atoms with van der Waals surface area (Å²) in [4.78, 5) is 14.7. The van der Waals surface area contributed by atoms with Gasteiger partial charge in [0.05, 0.1) is 18.1 Å². The molecule has 6 nitrogen and oxygen atoms in total. The van der Waals surface area contributed by atoms with Gasteiger partial charge in [0.2, 0.25) is 6.29 Å². The third-order valence-electron chi connectivity index (χ3n) is 1.87. The number of aliphatic hydroxyl groups is 1. The summed E-state index contributed by atoms with van der Waals surface area (Å²) in [6.07, 6.45) is -0.730. The molecule has 1 unspecified atom stereocenters. The van der Waals surface area contributed by atoms with Crippen LogP contribution >= 0.6 is 11.3 Å². The minimum Gasteiger partial charge on any atom is -0.479 e. The van der Waals surface area contributed by atoms with Gasteiger partial charge in [-0.2, -0.15) is 0 Å². The van der Waals surface area contributed by atoms with Gasteiger partial charge in [0, 0.05) is 6.20 Å². The van der Waals surface area contributed by atoms with Crippen molar-refractivity contribution in [2.24, 2.45) is 0 Å². The van der Waals surface area contributed by atoms with Gasteiger partial charge in [-0.25, -0.2) is 9.78 Å². The number of nitrogens with zero attached hydrogens (tertiary/aromatic N) is 1. The monoisotopic (exact) mass is 231 g/mol. The van der Waals surface area contributed by atoms with E-state index in [0.717, 1.165) is 11.3 Å². The second-order valence-electron chi connectivity index (χ2n) is 2.92. The van der Waals surface area contributed by atoms with Gasteiger partial charge >= 0.3 is 5.97 Å². The number of aromatic nitrogens is 1. The van der Waals surface area contributed by atoms with Gasteiger partial charge in [-0.1, -0.05) is 0 Å². The highest BCUT2D eigenvalue weighted by Crippen LogP contribution is 2.29. The maximum absolute atomic E-state index is 10.5. The number of aliphatic carboxylic acids is 1. The third kappa shape index (κ3) is 2.15. The van der Waals surface area contributed by atoms with E-state index in [1.165, 1.54) is 6.20 Å². The number of hydrogen-bond donors (Lipinski definition) is 2. The molecule has 1 aliphatic rings. The van der Waals surface area contributed by atoms with Crippen LogP contribution in [-0.2, 0) is 14.3 Å². The predicted octanol–water partition coefficient (Wildman–Crippen LogP) is 0.307. The first-order valence-electron chi connectivity index (χ1n) is 4.28. The van der Waals surface area contributed by atoms with Crippen molar-refractivity contribution in [1.29, 1.82) is 0 Å². The van der Waals surface area contributed by atoms with Gasteiger partial charge in [0.25, 0.3) is 0 Å². The fourth-order valence-electron chi connectivity index (χ4n) is 1.16. The lowest BCUT2D eigenvalue weighted by molar-refractivity contribution is -0.146. The van der Waals surface area contributed by atoms with Crippen molar-refractivity contribution >= 4 is 17.3 Å². The number of rotatable bonds is 3. The van der Waals surface area contributed by atoms with E-state index in [9.17, 15) is 9.90 Å². The van der Waals surface area contributed by atoms with E-state index in [-0.39, 0.29) is 4.88 Å². The molecule has 2 rings (SSSR count). The molecule has 2 N–H and O–H groups in total. The lowest BCUT2D eigenvalue weighted by Gasteiger charge is -2.03. The molecule has 0 saturated carbocycles. The van der Waals surface area contributed by atoms with Crippen LogP contribution in [0, 0.1) is 0 Å². The Kier molecular flexibility index (Phi) is 2.96. The zero-order valence-electron chi connectivity index (χ0n) is 7.62. The van der Waals surface area contributed by atoms with Crippen LogP contribution in [0.4, 0.5) is 0 Å². The molecule has 1 fully saturated rings. The number of hydrogen-bond acceptors (Lipinski definition) is 6. The summed E-state index contributed by atoms with van der Waals surface area (Å²) < 4.78 is 10.4. The molecule has 0 bridgehead atoms. The molecule has 7 heteroatoms. The van der Waals surface area contributed by atoms with E-state index in [1.54, 1.807) is 0 Å². The zero-order chi connectivity index (χ0) is 10.8. The fraction of sp³-hybridized carbons (Fsp3) is 0.500. The molecule has 0 aromatic carbocycles. The van der Waals surface area contributed by atoms with Gasteiger partial charge in [0.15, 0.2) is 6.10 Å². The van der Waals surface area contributed by atoms with E-state index in [4.69, 9.17) is 14.6 Å². The second-order valence-corrected chi connectivity index (χ2v) is 4.01. The lowest BCUT2D eigenvalue weighted by atomic mass is 10.3. The Morgan fingerprint density at radius 3 is 2.87 bits per heavy atom. The van der Waals surface area contributed by atoms with Crippen LogP contribution < -0.4 is 0 Å². The van der Waals surface area contributed by atoms with Gasteiger partial charge in [-0.15, -0.1) is 11.3 Å². The highest BCUT2D eigenvalue weighted by molar-refractivity contribution is 7.11. The van der Waals surface area contributed by atoms with Crippen LogP contribution in [0.2, 0.25) is 0 Å². The Bertz CT molecular complexity index is 360. The number of ether oxygens (including phenoxy) is 2. The highest BCUT2D eigenvalue weighted by atomic mass is 32.1. The predicted molar refractivity (Wildman–Crippen MR) is 49.4 cm³/mol. The number of thiazole rings is 1. The molecule has 0 radical (unpaired) electrons. The maximum atomic E-state index is 10.5. The van der Waals surface area contributed by atoms with Crippen LogP contribution in [-0.4, -0.2) is 34.4 Å². The van der Waals surface area contributed by atoms with Crippen LogP contribution in [0.5, 0.6) is 0 Å². The number of aliphatic hydroxyl groups excluding tert-OH is 1. The first kappa shape index (κ1) is 10.5. The first-order valence-corrected chi connectivity index (χ1v) is 5.10. The fourth-order valence-corrected chi connectivity index (χ4v) is 2.06. The van der Waals surface area contributed by atoms with E-state index < -0.39 is 18.4 Å². The Labute approximate surface area is 89.1 Å². The van der Waals surface area contributed by atoms with Crippen molar-refractivity contribution < 1.29 is 24.5 Å². The smallest absolute Gasteiger partial charge is 0.338 e. The molecule has 82 valence electrons. The van der Waals surface area contributed by atoms with Crippen LogP contribution in [0.3, 0.4) is 0 Å². The van der Waals surface area contributed by atoms with E-state index in [1.807, 2.05) is 0 Å². The third-order valence-corrected chi connectivity index (χ3v) is 2.94. The Hall–Kier alpha value is -1.02. The van der Waals surface area contributed by atoms with Gasteiger partial charge in [-0.3, -0.25) is 0 Å². The van der Waals surface area contributed by atoms with Gasteiger partial charge < -0.3 is 19.7 Å². The summed E-state index contributed by atoms with van der Waals surface area (Å²) >= 11 is 1.07. The van der Waals surface area contributed by atoms with Gasteiger partial charge in [0.1, 0.15) is 5.01 Å². The lowest BCUT2D eigenvalue weighted by Crippen LogP contribution is -2.08. The Balaban J connectivity index is 2.12. The number of carboxylic acid groups (broad SMARTS) is 1. The molecule has 0 spiro atoms. The minimum atomic E-state index is -1.53. The molecule has 2 heterocycles. The average molecular weight is 231 g/mol. The summed E-state index contributed by atoms with van der Waals surface area (Å²) in [5, 5.41) is 18.3. The quantitative estimate of drug-likeness (QED) is 0.778. The SMILES string of the molecule is O=C(O)C(O)c1cnc(C2OCCO2)s1. The summed E-state index contributed by atoms with van der Waals surface area (Å²) in [7, 11) is 0. The molecule has 15 heavy (non-hydrogen) atoms. The second kappa shape index (κ2) is 4.23. The number of carbonyl (C=O) groups is 1. The molecule has 1 saturated heterocycles. The molecular formula is C8H9NO5S. The molecule has 1 aromatic rings. The van der Waals surface area contributed by atoms with Crippen molar-refractivity contribution in [1.82, 2.24) is 4.98 Å². The maximum Gasteiger partial charge on any atom is 0.338 e. The van der Waals surface area contributed by atoms with Crippen LogP contribution in [0.15, 0.2) is 6.20 Å². The van der Waals surface area contributed by atoms with Crippen molar-refractivity contribution in [2.75, 3.05) is 13.2 Å². The van der Waals surface area contributed by atoms with Crippen molar-refractivity contribution in [3.8, 4) is 0 Å². The molecule has 0 aliphatic carbocycles. The Morgan fingerprint density at radius 1 is 1.60 bits per heavy atom. The minimum absolute atomic E-state index is 0.275. The highest BCUT2D eigenvalue weighted by Gasteiger charge is 2.25. The van der Waals surface area contributed by atoms with Crippen LogP contribution in [0.25, 0.3) is 0 Å². The summed E-state index contributed by atoms with van der Waals surface area (Å²) in [5.74, 6) is -1.29. The molecular weight excluding hydrogens is 222 g/mol. The molecule has 1 atom stereocenters. The van der Waals surface area contributed by atoms with Crippen molar-refractivity contribution in [3.05, 3.63) is 16.1 Å². The molecule has 0 amide bonds. The van der Waals surface area contributed by atoms with Gasteiger partial charge in [-0.05, 0) is 0 Å². The largest absolute Gasteiger partial charge is 0.479 e. The standard InChI is InChI=1S/C8H9NO5S/c10-5(7(11)12)4-3-9-6(15-4)8-13-1-2-14-8/h3,5,8,10H,1-2H2,(H,11,12). The molecule has 1 aromatic heterocycles. The zero-order valence-corrected chi connectivity index (χ0v) is 8.44.